The van der Waals surface area contributed by atoms with Gasteiger partial charge in [0.05, 0.1) is 5.69 Å². The normalized spacial score (nSPS) is 9.65. The molecule has 1 aromatic rings. The summed E-state index contributed by atoms with van der Waals surface area (Å²) in [6, 6.07) is 4.46. The molecule has 0 heterocycles. The molecule has 98 valence electrons. The maximum atomic E-state index is 11.9. The van der Waals surface area contributed by atoms with Crippen LogP contribution < -0.4 is 9.21 Å². The average molecular weight is 265 g/mol. The van der Waals surface area contributed by atoms with E-state index in [1.807, 2.05) is 13.8 Å². The highest BCUT2D eigenvalue weighted by Crippen LogP contribution is 2.27. The molecule has 0 amide bonds. The van der Waals surface area contributed by atoms with Crippen LogP contribution in [0, 0.1) is 6.92 Å². The predicted molar refractivity (Wildman–Crippen MR) is 66.9 cm³/mol. The molecule has 0 saturated heterocycles. The van der Waals surface area contributed by atoms with Crippen LogP contribution in [-0.2, 0) is 0 Å². The second-order valence-electron chi connectivity index (χ2n) is 2.78. The number of hydrogen-bond acceptors (Lipinski definition) is 4. The lowest BCUT2D eigenvalue weighted by Crippen LogP contribution is -2.07. The summed E-state index contributed by atoms with van der Waals surface area (Å²) in [5.74, 6) is 0.114. The molecular weight excluding hydrogens is 248 g/mol. The fourth-order valence-electron chi connectivity index (χ4n) is 1.09. The molecule has 3 nitrogen and oxygen atoms in total. The monoisotopic (exact) mass is 265 g/mol. The highest BCUT2D eigenvalue weighted by Gasteiger charge is 2.09. The Morgan fingerprint density at radius 1 is 1.35 bits per heavy atom. The van der Waals surface area contributed by atoms with Crippen LogP contribution in [0.2, 0.25) is 0 Å². The van der Waals surface area contributed by atoms with Gasteiger partial charge in [-0.25, -0.2) is 0 Å². The van der Waals surface area contributed by atoms with Gasteiger partial charge in [-0.1, -0.05) is 13.8 Å². The molecule has 17 heavy (non-hydrogen) atoms. The van der Waals surface area contributed by atoms with Crippen LogP contribution in [0.15, 0.2) is 18.2 Å². The fraction of sp³-hybridized carbons (Fsp3) is 0.455. The molecule has 0 aliphatic rings. The van der Waals surface area contributed by atoms with Crippen LogP contribution in [0.4, 0.5) is 14.5 Å². The minimum Gasteiger partial charge on any atom is -0.435 e. The Morgan fingerprint density at radius 2 is 1.94 bits per heavy atom. The van der Waals surface area contributed by atoms with Crippen molar-refractivity contribution in [1.29, 1.82) is 0 Å². The maximum Gasteiger partial charge on any atom is 0.387 e. The van der Waals surface area contributed by atoms with E-state index >= 15 is 0 Å². The SMILES string of the molecule is CC.CSN(O)c1ccc(OC(F)F)c(C)c1. The van der Waals surface area contributed by atoms with Crippen molar-refractivity contribution in [1.82, 2.24) is 0 Å². The largest absolute Gasteiger partial charge is 0.435 e. The van der Waals surface area contributed by atoms with Crippen molar-refractivity contribution in [3.63, 3.8) is 0 Å². The zero-order valence-electron chi connectivity index (χ0n) is 10.3. The van der Waals surface area contributed by atoms with E-state index in [0.717, 1.165) is 16.4 Å². The zero-order chi connectivity index (χ0) is 13.4. The number of ether oxygens (including phenoxy) is 1. The molecular formula is C11H17F2NO2S. The van der Waals surface area contributed by atoms with Crippen LogP contribution in [-0.4, -0.2) is 18.1 Å². The average Bonchev–Trinajstić information content (AvgIpc) is 2.33. The lowest BCUT2D eigenvalue weighted by Gasteiger charge is -2.15. The van der Waals surface area contributed by atoms with Gasteiger partial charge in [-0.05, 0) is 42.6 Å². The number of halogens is 2. The van der Waals surface area contributed by atoms with E-state index in [4.69, 9.17) is 0 Å². The quantitative estimate of drug-likeness (QED) is 0.656. The summed E-state index contributed by atoms with van der Waals surface area (Å²) in [5, 5.41) is 9.33. The van der Waals surface area contributed by atoms with Crippen molar-refractivity contribution in [2.75, 3.05) is 10.7 Å². The van der Waals surface area contributed by atoms with Crippen LogP contribution in [0.25, 0.3) is 0 Å². The summed E-state index contributed by atoms with van der Waals surface area (Å²) in [6.07, 6.45) is 1.69. The zero-order valence-corrected chi connectivity index (χ0v) is 11.1. The lowest BCUT2D eigenvalue weighted by molar-refractivity contribution is -0.0502. The van der Waals surface area contributed by atoms with Crippen molar-refractivity contribution in [2.45, 2.75) is 27.4 Å². The Labute approximate surface area is 104 Å². The topological polar surface area (TPSA) is 32.7 Å². The highest BCUT2D eigenvalue weighted by atomic mass is 32.2. The Balaban J connectivity index is 0.00000121. The van der Waals surface area contributed by atoms with E-state index in [2.05, 4.69) is 4.74 Å². The van der Waals surface area contributed by atoms with Gasteiger partial charge >= 0.3 is 6.61 Å². The van der Waals surface area contributed by atoms with Crippen LogP contribution >= 0.6 is 11.9 Å². The predicted octanol–water partition coefficient (Wildman–Crippen LogP) is 4.10. The third-order valence-corrected chi connectivity index (χ3v) is 2.33. The van der Waals surface area contributed by atoms with E-state index in [9.17, 15) is 14.0 Å². The number of nitrogens with zero attached hydrogens (tertiary/aromatic N) is 1. The van der Waals surface area contributed by atoms with Crippen molar-refractivity contribution in [3.8, 4) is 5.75 Å². The summed E-state index contributed by atoms with van der Waals surface area (Å²) >= 11 is 1.11. The van der Waals surface area contributed by atoms with Gasteiger partial charge in [-0.2, -0.15) is 13.2 Å². The molecule has 0 aliphatic heterocycles. The Morgan fingerprint density at radius 3 is 2.35 bits per heavy atom. The first kappa shape index (κ1) is 16.0. The number of anilines is 1. The number of aryl methyl sites for hydroxylation is 1. The summed E-state index contributed by atoms with van der Waals surface area (Å²) in [5.41, 5.74) is 1.06. The van der Waals surface area contributed by atoms with Gasteiger partial charge in [0.2, 0.25) is 0 Å². The molecule has 0 aromatic heterocycles. The van der Waals surface area contributed by atoms with Crippen molar-refractivity contribution in [2.24, 2.45) is 0 Å². The van der Waals surface area contributed by atoms with Crippen LogP contribution in [0.5, 0.6) is 5.75 Å². The maximum absolute atomic E-state index is 11.9. The molecule has 0 atom stereocenters. The molecule has 1 aromatic carbocycles. The van der Waals surface area contributed by atoms with Crippen LogP contribution in [0.3, 0.4) is 0 Å². The third-order valence-electron chi connectivity index (χ3n) is 1.77. The fourth-order valence-corrected chi connectivity index (χ4v) is 1.41. The Bertz CT molecular complexity index is 337. The van der Waals surface area contributed by atoms with Crippen molar-refractivity contribution >= 4 is 17.6 Å². The molecule has 0 unspecified atom stereocenters. The minimum absolute atomic E-state index is 0.114. The molecule has 0 radical (unpaired) electrons. The highest BCUT2D eigenvalue weighted by molar-refractivity contribution is 7.99. The first-order chi connectivity index (χ1) is 8.04. The molecule has 0 bridgehead atoms. The molecule has 0 saturated carbocycles. The van der Waals surface area contributed by atoms with Gasteiger partial charge < -0.3 is 4.74 Å². The molecule has 0 aliphatic carbocycles. The molecule has 0 spiro atoms. The lowest BCUT2D eigenvalue weighted by atomic mass is 10.2. The summed E-state index contributed by atoms with van der Waals surface area (Å²) < 4.78 is 29.1. The van der Waals surface area contributed by atoms with Gasteiger partial charge in [0.25, 0.3) is 0 Å². The number of hydrogen-bond donors (Lipinski definition) is 1. The first-order valence-corrected chi connectivity index (χ1v) is 6.31. The number of alkyl halides is 2. The Hall–Kier alpha value is -1.01. The number of rotatable bonds is 4. The number of benzene rings is 1. The van der Waals surface area contributed by atoms with E-state index in [1.165, 1.54) is 12.1 Å². The van der Waals surface area contributed by atoms with Gasteiger partial charge in [0, 0.05) is 6.26 Å². The second-order valence-corrected chi connectivity index (χ2v) is 3.49. The molecule has 6 heteroatoms. The summed E-state index contributed by atoms with van der Waals surface area (Å²) in [7, 11) is 0. The van der Waals surface area contributed by atoms with Gasteiger partial charge in [0.1, 0.15) is 5.75 Å². The minimum atomic E-state index is -2.83. The van der Waals surface area contributed by atoms with E-state index in [1.54, 1.807) is 19.2 Å². The first-order valence-electron chi connectivity index (χ1n) is 5.13. The van der Waals surface area contributed by atoms with E-state index in [-0.39, 0.29) is 5.75 Å². The third kappa shape index (κ3) is 5.23. The Kier molecular flexibility index (Phi) is 7.65. The van der Waals surface area contributed by atoms with Gasteiger partial charge in [-0.3, -0.25) is 5.21 Å². The van der Waals surface area contributed by atoms with E-state index in [0.29, 0.717) is 11.3 Å². The smallest absolute Gasteiger partial charge is 0.387 e. The second kappa shape index (κ2) is 8.14. The van der Waals surface area contributed by atoms with Gasteiger partial charge in [-0.15, -0.1) is 0 Å². The van der Waals surface area contributed by atoms with Crippen molar-refractivity contribution < 1.29 is 18.7 Å². The molecule has 1 rings (SSSR count). The van der Waals surface area contributed by atoms with Gasteiger partial charge in [0.15, 0.2) is 0 Å². The summed E-state index contributed by atoms with van der Waals surface area (Å²) in [4.78, 5) is 0. The van der Waals surface area contributed by atoms with Crippen LogP contribution in [0.1, 0.15) is 19.4 Å². The standard InChI is InChI=1S/C9H11F2NO2S.C2H6/c1-6-5-7(12(13)15-2)3-4-8(6)14-9(10)11;1-2/h3-5,9,13H,1-2H3;1-2H3. The molecule has 1 N–H and O–H groups in total. The molecule has 0 fully saturated rings. The van der Waals surface area contributed by atoms with E-state index < -0.39 is 6.61 Å². The van der Waals surface area contributed by atoms with Crippen molar-refractivity contribution in [3.05, 3.63) is 23.8 Å². The summed E-state index contributed by atoms with van der Waals surface area (Å²) in [6.45, 7) is 2.80.